The molecule has 114 valence electrons. The zero-order valence-corrected chi connectivity index (χ0v) is 12.4. The summed E-state index contributed by atoms with van der Waals surface area (Å²) in [6.45, 7) is 5.51. The minimum absolute atomic E-state index is 0.327. The molecule has 0 aromatic carbocycles. The Kier molecular flexibility index (Phi) is 3.79. The van der Waals surface area contributed by atoms with Gasteiger partial charge in [0, 0.05) is 16.4 Å². The number of hydrogen-bond acceptors (Lipinski definition) is 4. The van der Waals surface area contributed by atoms with Crippen LogP contribution in [0.15, 0.2) is 11.6 Å². The molecule has 20 heavy (non-hydrogen) atoms. The summed E-state index contributed by atoms with van der Waals surface area (Å²) >= 11 is 0. The number of aliphatic carboxylic acids is 2. The maximum absolute atomic E-state index is 11.7. The zero-order chi connectivity index (χ0) is 16.1. The molecule has 0 aliphatic heterocycles. The molecular weight excluding hydrogens is 288 g/mol. The van der Waals surface area contributed by atoms with Gasteiger partial charge in [0.25, 0.3) is 10.1 Å². The Morgan fingerprint density at radius 2 is 1.60 bits per heavy atom. The van der Waals surface area contributed by atoms with Gasteiger partial charge in [-0.15, -0.1) is 0 Å². The third kappa shape index (κ3) is 2.45. The van der Waals surface area contributed by atoms with Crippen molar-refractivity contribution in [2.45, 2.75) is 32.9 Å². The number of carboxylic acid groups (broad SMARTS) is 2. The molecule has 0 aromatic rings. The highest BCUT2D eigenvalue weighted by molar-refractivity contribution is 7.86. The normalized spacial score (nSPS) is 28.6. The molecule has 1 aliphatic rings. The van der Waals surface area contributed by atoms with Gasteiger partial charge < -0.3 is 10.2 Å². The van der Waals surface area contributed by atoms with E-state index < -0.39 is 44.1 Å². The van der Waals surface area contributed by atoms with E-state index in [1.54, 1.807) is 0 Å². The van der Waals surface area contributed by atoms with Crippen LogP contribution < -0.4 is 0 Å². The third-order valence-corrected chi connectivity index (χ3v) is 5.75. The van der Waals surface area contributed by atoms with Gasteiger partial charge in [0.05, 0.1) is 5.92 Å². The summed E-state index contributed by atoms with van der Waals surface area (Å²) in [5.41, 5.74) is -3.11. The van der Waals surface area contributed by atoms with Gasteiger partial charge in [-0.05, 0) is 0 Å². The lowest BCUT2D eigenvalue weighted by atomic mass is 9.60. The number of hydrogen-bond donors (Lipinski definition) is 3. The monoisotopic (exact) mass is 306 g/mol. The molecule has 0 bridgehead atoms. The molecular formula is C12H18O7S. The van der Waals surface area contributed by atoms with Crippen molar-refractivity contribution in [1.29, 1.82) is 0 Å². The second kappa shape index (κ2) is 4.56. The topological polar surface area (TPSA) is 129 Å². The molecule has 0 fully saturated rings. The van der Waals surface area contributed by atoms with Crippen LogP contribution in [0, 0.1) is 16.7 Å². The van der Waals surface area contributed by atoms with Crippen LogP contribution >= 0.6 is 0 Å². The Hall–Kier alpha value is -1.41. The summed E-state index contributed by atoms with van der Waals surface area (Å²) in [5, 5.41) is 16.9. The van der Waals surface area contributed by atoms with Gasteiger partial charge >= 0.3 is 11.9 Å². The molecule has 1 rings (SSSR count). The first-order valence-corrected chi connectivity index (χ1v) is 7.39. The van der Waals surface area contributed by atoms with Crippen molar-refractivity contribution in [2.75, 3.05) is 0 Å². The Morgan fingerprint density at radius 1 is 1.15 bits per heavy atom. The van der Waals surface area contributed by atoms with E-state index in [2.05, 4.69) is 0 Å². The van der Waals surface area contributed by atoms with Gasteiger partial charge in [-0.3, -0.25) is 9.35 Å². The number of rotatable bonds is 3. The highest BCUT2D eigenvalue weighted by atomic mass is 32.2. The van der Waals surface area contributed by atoms with E-state index in [9.17, 15) is 32.8 Å². The van der Waals surface area contributed by atoms with Crippen molar-refractivity contribution in [3.8, 4) is 0 Å². The Morgan fingerprint density at radius 3 is 1.90 bits per heavy atom. The van der Waals surface area contributed by atoms with Gasteiger partial charge in [0.2, 0.25) is 0 Å². The predicted octanol–water partition coefficient (Wildman–Crippen LogP) is 1.02. The van der Waals surface area contributed by atoms with Crippen LogP contribution in [-0.4, -0.2) is 40.4 Å². The Bertz CT molecular complexity index is 583. The van der Waals surface area contributed by atoms with Crippen molar-refractivity contribution in [3.63, 3.8) is 0 Å². The highest BCUT2D eigenvalue weighted by Gasteiger charge is 2.59. The predicted molar refractivity (Wildman–Crippen MR) is 69.7 cm³/mol. The fourth-order valence-corrected chi connectivity index (χ4v) is 5.11. The average Bonchev–Trinajstić information content (AvgIpc) is 2.09. The van der Waals surface area contributed by atoms with Gasteiger partial charge in [0.1, 0.15) is 5.25 Å². The standard InChI is InChI=1S/C12H18O7S/c1-11(2)6(8(13)14)5-7(9(15)16)12(3,4)10(11)20(17,18)19/h5-6,10H,1-4H3,(H,13,14)(H,15,16)(H,17,18,19). The van der Waals surface area contributed by atoms with Crippen LogP contribution in [0.25, 0.3) is 0 Å². The molecule has 3 N–H and O–H groups in total. The van der Waals surface area contributed by atoms with E-state index in [1.165, 1.54) is 27.7 Å². The van der Waals surface area contributed by atoms with Crippen LogP contribution in [0.1, 0.15) is 27.7 Å². The van der Waals surface area contributed by atoms with E-state index in [4.69, 9.17) is 0 Å². The second-order valence-corrected chi connectivity index (χ2v) is 7.64. The molecule has 2 unspecified atom stereocenters. The first kappa shape index (κ1) is 16.6. The van der Waals surface area contributed by atoms with E-state index >= 15 is 0 Å². The smallest absolute Gasteiger partial charge is 0.331 e. The van der Waals surface area contributed by atoms with E-state index in [0.717, 1.165) is 6.08 Å². The number of carbonyl (C=O) groups is 2. The van der Waals surface area contributed by atoms with Gasteiger partial charge in [-0.25, -0.2) is 4.79 Å². The minimum atomic E-state index is -4.64. The largest absolute Gasteiger partial charge is 0.481 e. The van der Waals surface area contributed by atoms with Crippen molar-refractivity contribution < 1.29 is 32.8 Å². The van der Waals surface area contributed by atoms with Crippen molar-refractivity contribution >= 4 is 22.1 Å². The third-order valence-electron chi connectivity index (χ3n) is 3.95. The molecule has 7 nitrogen and oxygen atoms in total. The molecule has 0 spiro atoms. The van der Waals surface area contributed by atoms with Crippen molar-refractivity contribution in [2.24, 2.45) is 16.7 Å². The van der Waals surface area contributed by atoms with Crippen molar-refractivity contribution in [1.82, 2.24) is 0 Å². The molecule has 0 aromatic heterocycles. The molecule has 0 heterocycles. The summed E-state index contributed by atoms with van der Waals surface area (Å²) < 4.78 is 32.9. The summed E-state index contributed by atoms with van der Waals surface area (Å²) in [5.74, 6) is -4.06. The van der Waals surface area contributed by atoms with Crippen LogP contribution in [0.4, 0.5) is 0 Å². The lowest BCUT2D eigenvalue weighted by molar-refractivity contribution is -0.144. The first-order chi connectivity index (χ1) is 8.74. The average molecular weight is 306 g/mol. The number of carboxylic acids is 2. The van der Waals surface area contributed by atoms with Crippen LogP contribution in [0.3, 0.4) is 0 Å². The fourth-order valence-electron chi connectivity index (χ4n) is 3.32. The maximum atomic E-state index is 11.7. The fraction of sp³-hybridized carbons (Fsp3) is 0.667. The van der Waals surface area contributed by atoms with Gasteiger partial charge in [-0.2, -0.15) is 8.42 Å². The molecule has 8 heteroatoms. The summed E-state index contributed by atoms with van der Waals surface area (Å²) in [6, 6.07) is 0. The van der Waals surface area contributed by atoms with Crippen molar-refractivity contribution in [3.05, 3.63) is 11.6 Å². The van der Waals surface area contributed by atoms with Crippen LogP contribution in [0.2, 0.25) is 0 Å². The second-order valence-electron chi connectivity index (χ2n) is 6.14. The minimum Gasteiger partial charge on any atom is -0.481 e. The first-order valence-electron chi connectivity index (χ1n) is 5.88. The van der Waals surface area contributed by atoms with Crippen LogP contribution in [-0.2, 0) is 19.7 Å². The quantitative estimate of drug-likeness (QED) is 0.664. The lowest BCUT2D eigenvalue weighted by Crippen LogP contribution is -2.56. The lowest BCUT2D eigenvalue weighted by Gasteiger charge is -2.48. The van der Waals surface area contributed by atoms with E-state index in [0.29, 0.717) is 0 Å². The molecule has 0 amide bonds. The van der Waals surface area contributed by atoms with E-state index in [-0.39, 0.29) is 5.57 Å². The molecule has 0 radical (unpaired) electrons. The highest BCUT2D eigenvalue weighted by Crippen LogP contribution is 2.52. The summed E-state index contributed by atoms with van der Waals surface area (Å²) in [4.78, 5) is 22.6. The zero-order valence-electron chi connectivity index (χ0n) is 11.6. The maximum Gasteiger partial charge on any atom is 0.331 e. The molecule has 0 saturated carbocycles. The molecule has 0 saturated heterocycles. The Labute approximate surface area is 117 Å². The molecule has 1 aliphatic carbocycles. The van der Waals surface area contributed by atoms with E-state index in [1.807, 2.05) is 0 Å². The summed E-state index contributed by atoms with van der Waals surface area (Å²) in [7, 11) is -4.64. The van der Waals surface area contributed by atoms with Crippen LogP contribution in [0.5, 0.6) is 0 Å². The summed E-state index contributed by atoms with van der Waals surface area (Å²) in [6.07, 6.45) is 1.06. The SMILES string of the molecule is CC1(C)C(C(=O)O)=CC(C(=O)O)C(C)(C)C1S(=O)(=O)O. The van der Waals surface area contributed by atoms with Gasteiger partial charge in [-0.1, -0.05) is 33.8 Å². The molecule has 2 atom stereocenters. The van der Waals surface area contributed by atoms with Gasteiger partial charge in [0.15, 0.2) is 0 Å². The Balaban J connectivity index is 3.72.